The van der Waals surface area contributed by atoms with E-state index in [4.69, 9.17) is 0 Å². The zero-order valence-corrected chi connectivity index (χ0v) is 9.28. The van der Waals surface area contributed by atoms with Crippen LogP contribution in [0.4, 0.5) is 0 Å². The van der Waals surface area contributed by atoms with E-state index in [-0.39, 0.29) is 6.10 Å². The van der Waals surface area contributed by atoms with Gasteiger partial charge in [-0.15, -0.1) is 0 Å². The van der Waals surface area contributed by atoms with Crippen LogP contribution in [0.25, 0.3) is 0 Å². The third-order valence-corrected chi connectivity index (χ3v) is 3.54. The van der Waals surface area contributed by atoms with Crippen molar-refractivity contribution in [2.75, 3.05) is 0 Å². The molecule has 0 amide bonds. The van der Waals surface area contributed by atoms with E-state index in [1.807, 2.05) is 18.5 Å². The van der Waals surface area contributed by atoms with Gasteiger partial charge in [-0.2, -0.15) is 0 Å². The molecule has 1 saturated carbocycles. The molecule has 1 aromatic heterocycles. The molecule has 2 nitrogen and oxygen atoms in total. The van der Waals surface area contributed by atoms with Gasteiger partial charge in [0, 0.05) is 12.4 Å². The van der Waals surface area contributed by atoms with Gasteiger partial charge in [-0.3, -0.25) is 0 Å². The zero-order chi connectivity index (χ0) is 10.5. The highest BCUT2D eigenvalue weighted by molar-refractivity contribution is 5.11. The summed E-state index contributed by atoms with van der Waals surface area (Å²) in [5.74, 6) is 0.734. The van der Waals surface area contributed by atoms with Crippen LogP contribution in [-0.4, -0.2) is 10.1 Å². The van der Waals surface area contributed by atoms with Crippen molar-refractivity contribution in [1.82, 2.24) is 4.98 Å². The molecule has 0 spiro atoms. The second-order valence-electron chi connectivity index (χ2n) is 4.75. The molecular weight excluding hydrogens is 186 g/mol. The minimum atomic E-state index is -0.264. The SMILES string of the molecule is OC(CC1CCCCCC1)c1cc[nH]c1. The third kappa shape index (κ3) is 3.10. The Morgan fingerprint density at radius 3 is 2.60 bits per heavy atom. The van der Waals surface area contributed by atoms with Crippen LogP contribution in [0.1, 0.15) is 56.6 Å². The molecule has 0 aliphatic heterocycles. The Labute approximate surface area is 91.7 Å². The van der Waals surface area contributed by atoms with Crippen LogP contribution in [-0.2, 0) is 0 Å². The number of aromatic amines is 1. The average Bonchev–Trinajstić information content (AvgIpc) is 2.65. The number of hydrogen-bond donors (Lipinski definition) is 2. The summed E-state index contributed by atoms with van der Waals surface area (Å²) in [5, 5.41) is 10.0. The Bertz CT molecular complexity index is 260. The lowest BCUT2D eigenvalue weighted by molar-refractivity contribution is 0.139. The van der Waals surface area contributed by atoms with Crippen molar-refractivity contribution in [1.29, 1.82) is 0 Å². The molecule has 1 heterocycles. The quantitative estimate of drug-likeness (QED) is 0.732. The van der Waals surface area contributed by atoms with Crippen molar-refractivity contribution < 1.29 is 5.11 Å². The molecule has 1 fully saturated rings. The maximum Gasteiger partial charge on any atom is 0.0807 e. The lowest BCUT2D eigenvalue weighted by Crippen LogP contribution is -2.06. The normalized spacial score (nSPS) is 21.1. The molecule has 15 heavy (non-hydrogen) atoms. The number of hydrogen-bond acceptors (Lipinski definition) is 1. The van der Waals surface area contributed by atoms with Crippen LogP contribution in [0, 0.1) is 5.92 Å². The van der Waals surface area contributed by atoms with Crippen molar-refractivity contribution in [3.05, 3.63) is 24.0 Å². The molecule has 2 heteroatoms. The summed E-state index contributed by atoms with van der Waals surface area (Å²) < 4.78 is 0. The summed E-state index contributed by atoms with van der Waals surface area (Å²) in [6, 6.07) is 1.97. The Morgan fingerprint density at radius 1 is 1.27 bits per heavy atom. The first-order chi connectivity index (χ1) is 7.36. The van der Waals surface area contributed by atoms with Gasteiger partial charge < -0.3 is 10.1 Å². The van der Waals surface area contributed by atoms with Gasteiger partial charge in [0.05, 0.1) is 6.10 Å². The maximum absolute atomic E-state index is 10.0. The smallest absolute Gasteiger partial charge is 0.0807 e. The predicted molar refractivity (Wildman–Crippen MR) is 61.6 cm³/mol. The zero-order valence-electron chi connectivity index (χ0n) is 9.28. The number of aliphatic hydroxyl groups excluding tert-OH is 1. The average molecular weight is 207 g/mol. The molecule has 1 aliphatic carbocycles. The minimum absolute atomic E-state index is 0.264. The van der Waals surface area contributed by atoms with Gasteiger partial charge in [0.2, 0.25) is 0 Å². The number of aromatic nitrogens is 1. The largest absolute Gasteiger partial charge is 0.388 e. The minimum Gasteiger partial charge on any atom is -0.388 e. The number of rotatable bonds is 3. The summed E-state index contributed by atoms with van der Waals surface area (Å²) >= 11 is 0. The van der Waals surface area contributed by atoms with Gasteiger partial charge in [0.15, 0.2) is 0 Å². The van der Waals surface area contributed by atoms with Crippen LogP contribution >= 0.6 is 0 Å². The van der Waals surface area contributed by atoms with Crippen LogP contribution in [0.15, 0.2) is 18.5 Å². The molecule has 0 aromatic carbocycles. The summed E-state index contributed by atoms with van der Waals surface area (Å²) in [7, 11) is 0. The van der Waals surface area contributed by atoms with Crippen molar-refractivity contribution in [2.45, 2.75) is 51.0 Å². The van der Waals surface area contributed by atoms with Gasteiger partial charge in [0.1, 0.15) is 0 Å². The lowest BCUT2D eigenvalue weighted by atomic mass is 9.92. The van der Waals surface area contributed by atoms with Gasteiger partial charge >= 0.3 is 0 Å². The lowest BCUT2D eigenvalue weighted by Gasteiger charge is -2.17. The first-order valence-electron chi connectivity index (χ1n) is 6.17. The first kappa shape index (κ1) is 10.7. The van der Waals surface area contributed by atoms with E-state index < -0.39 is 0 Å². The summed E-state index contributed by atoms with van der Waals surface area (Å²) in [6.07, 6.45) is 12.6. The van der Waals surface area contributed by atoms with Crippen molar-refractivity contribution in [3.63, 3.8) is 0 Å². The van der Waals surface area contributed by atoms with E-state index in [0.717, 1.165) is 17.9 Å². The van der Waals surface area contributed by atoms with E-state index in [1.165, 1.54) is 38.5 Å². The fourth-order valence-electron chi connectivity index (χ4n) is 2.60. The van der Waals surface area contributed by atoms with Crippen molar-refractivity contribution in [2.24, 2.45) is 5.92 Å². The van der Waals surface area contributed by atoms with Gasteiger partial charge in [-0.05, 0) is 24.0 Å². The maximum atomic E-state index is 10.0. The summed E-state index contributed by atoms with van der Waals surface area (Å²) in [5.41, 5.74) is 1.04. The highest BCUT2D eigenvalue weighted by Crippen LogP contribution is 2.30. The second-order valence-corrected chi connectivity index (χ2v) is 4.75. The molecule has 1 atom stereocenters. The van der Waals surface area contributed by atoms with E-state index in [9.17, 15) is 5.11 Å². The number of nitrogens with one attached hydrogen (secondary N) is 1. The molecule has 0 bridgehead atoms. The van der Waals surface area contributed by atoms with E-state index in [1.54, 1.807) is 0 Å². The molecule has 2 N–H and O–H groups in total. The Hall–Kier alpha value is -0.760. The standard InChI is InChI=1S/C13H21NO/c15-13(12-7-8-14-10-12)9-11-5-3-1-2-4-6-11/h7-8,10-11,13-15H,1-6,9H2. The fourth-order valence-corrected chi connectivity index (χ4v) is 2.60. The molecule has 1 aromatic rings. The van der Waals surface area contributed by atoms with Crippen LogP contribution in [0.5, 0.6) is 0 Å². The Morgan fingerprint density at radius 2 is 2.00 bits per heavy atom. The van der Waals surface area contributed by atoms with E-state index in [2.05, 4.69) is 4.98 Å². The van der Waals surface area contributed by atoms with Gasteiger partial charge in [-0.1, -0.05) is 38.5 Å². The number of H-pyrrole nitrogens is 1. The molecular formula is C13H21NO. The molecule has 1 unspecified atom stereocenters. The van der Waals surface area contributed by atoms with Gasteiger partial charge in [-0.25, -0.2) is 0 Å². The predicted octanol–water partition coefficient (Wildman–Crippen LogP) is 3.41. The molecule has 0 saturated heterocycles. The molecule has 84 valence electrons. The molecule has 1 aliphatic rings. The van der Waals surface area contributed by atoms with Crippen molar-refractivity contribution >= 4 is 0 Å². The van der Waals surface area contributed by atoms with Gasteiger partial charge in [0.25, 0.3) is 0 Å². The summed E-state index contributed by atoms with van der Waals surface area (Å²) in [6.45, 7) is 0. The monoisotopic (exact) mass is 207 g/mol. The first-order valence-corrected chi connectivity index (χ1v) is 6.17. The Kier molecular flexibility index (Phi) is 3.84. The highest BCUT2D eigenvalue weighted by atomic mass is 16.3. The topological polar surface area (TPSA) is 36.0 Å². The van der Waals surface area contributed by atoms with Crippen LogP contribution < -0.4 is 0 Å². The van der Waals surface area contributed by atoms with E-state index >= 15 is 0 Å². The fraction of sp³-hybridized carbons (Fsp3) is 0.692. The number of aliphatic hydroxyl groups is 1. The van der Waals surface area contributed by atoms with Crippen molar-refractivity contribution in [3.8, 4) is 0 Å². The van der Waals surface area contributed by atoms with Crippen LogP contribution in [0.2, 0.25) is 0 Å². The second kappa shape index (κ2) is 5.36. The summed E-state index contributed by atoms with van der Waals surface area (Å²) in [4.78, 5) is 3.00. The Balaban J connectivity index is 1.84. The highest BCUT2D eigenvalue weighted by Gasteiger charge is 2.17. The van der Waals surface area contributed by atoms with E-state index in [0.29, 0.717) is 0 Å². The molecule has 2 rings (SSSR count). The molecule has 0 radical (unpaired) electrons. The third-order valence-electron chi connectivity index (χ3n) is 3.54. The van der Waals surface area contributed by atoms with Crippen LogP contribution in [0.3, 0.4) is 0 Å².